The monoisotopic (exact) mass is 346 g/mol. The Hall–Kier alpha value is -2.72. The molecule has 0 saturated heterocycles. The second kappa shape index (κ2) is 6.65. The Morgan fingerprint density at radius 2 is 1.72 bits per heavy atom. The number of nitrogens with zero attached hydrogens (tertiary/aromatic N) is 1. The van der Waals surface area contributed by atoms with E-state index < -0.39 is 0 Å². The lowest BCUT2D eigenvalue weighted by Crippen LogP contribution is -1.82. The molecule has 0 aliphatic carbocycles. The molecule has 0 spiro atoms. The minimum atomic E-state index is 0.855. The molecule has 0 unspecified atom stereocenters. The molecule has 0 atom stereocenters. The van der Waals surface area contributed by atoms with E-state index in [4.69, 9.17) is 4.74 Å². The Kier molecular flexibility index (Phi) is 4.20. The maximum atomic E-state index is 5.23. The SMILES string of the molecule is COc1ccc(-c2cc3c(Sc4ccc(C)cc4)ccnc3[nH]2)cc1. The zero-order valence-electron chi connectivity index (χ0n) is 14.1. The molecule has 0 amide bonds. The van der Waals surface area contributed by atoms with Crippen LogP contribution in [0.2, 0.25) is 0 Å². The zero-order chi connectivity index (χ0) is 17.2. The summed E-state index contributed by atoms with van der Waals surface area (Å²) in [7, 11) is 1.68. The highest BCUT2D eigenvalue weighted by Crippen LogP contribution is 2.35. The fraction of sp³-hybridized carbons (Fsp3) is 0.0952. The molecule has 3 nitrogen and oxygen atoms in total. The van der Waals surface area contributed by atoms with E-state index in [2.05, 4.69) is 65.4 Å². The number of fused-ring (bicyclic) bond motifs is 1. The van der Waals surface area contributed by atoms with Gasteiger partial charge < -0.3 is 9.72 Å². The molecule has 25 heavy (non-hydrogen) atoms. The number of aromatic nitrogens is 2. The number of rotatable bonds is 4. The van der Waals surface area contributed by atoms with Gasteiger partial charge in [-0.2, -0.15) is 0 Å². The van der Waals surface area contributed by atoms with Crippen LogP contribution in [0.4, 0.5) is 0 Å². The van der Waals surface area contributed by atoms with Gasteiger partial charge >= 0.3 is 0 Å². The first-order chi connectivity index (χ1) is 12.2. The summed E-state index contributed by atoms with van der Waals surface area (Å²) in [5.74, 6) is 0.855. The summed E-state index contributed by atoms with van der Waals surface area (Å²) in [5.41, 5.74) is 4.35. The summed E-state index contributed by atoms with van der Waals surface area (Å²) >= 11 is 1.76. The van der Waals surface area contributed by atoms with E-state index in [1.54, 1.807) is 18.9 Å². The van der Waals surface area contributed by atoms with Gasteiger partial charge in [0.05, 0.1) is 7.11 Å². The maximum Gasteiger partial charge on any atom is 0.138 e. The fourth-order valence-corrected chi connectivity index (χ4v) is 3.67. The highest BCUT2D eigenvalue weighted by atomic mass is 32.2. The number of hydrogen-bond donors (Lipinski definition) is 1. The van der Waals surface area contributed by atoms with E-state index in [1.165, 1.54) is 15.4 Å². The van der Waals surface area contributed by atoms with Crippen molar-refractivity contribution in [3.8, 4) is 17.0 Å². The lowest BCUT2D eigenvalue weighted by molar-refractivity contribution is 0.415. The quantitative estimate of drug-likeness (QED) is 0.515. The first kappa shape index (κ1) is 15.8. The first-order valence-corrected chi connectivity index (χ1v) is 8.91. The molecular weight excluding hydrogens is 328 g/mol. The van der Waals surface area contributed by atoms with E-state index in [0.29, 0.717) is 0 Å². The predicted molar refractivity (Wildman–Crippen MR) is 103 cm³/mol. The van der Waals surface area contributed by atoms with Crippen molar-refractivity contribution < 1.29 is 4.74 Å². The van der Waals surface area contributed by atoms with Crippen molar-refractivity contribution in [2.24, 2.45) is 0 Å². The van der Waals surface area contributed by atoms with E-state index in [1.807, 2.05) is 18.3 Å². The first-order valence-electron chi connectivity index (χ1n) is 8.09. The number of aryl methyl sites for hydroxylation is 1. The van der Waals surface area contributed by atoms with Crippen LogP contribution in [0.5, 0.6) is 5.75 Å². The summed E-state index contributed by atoms with van der Waals surface area (Å²) in [6, 6.07) is 20.9. The Bertz CT molecular complexity index is 1000. The second-order valence-corrected chi connectivity index (χ2v) is 7.01. The van der Waals surface area contributed by atoms with Crippen molar-refractivity contribution in [2.75, 3.05) is 7.11 Å². The summed E-state index contributed by atoms with van der Waals surface area (Å²) in [4.78, 5) is 10.3. The average molecular weight is 346 g/mol. The van der Waals surface area contributed by atoms with Crippen LogP contribution in [0, 0.1) is 6.92 Å². The molecule has 0 radical (unpaired) electrons. The number of nitrogens with one attached hydrogen (secondary N) is 1. The number of ether oxygens (including phenoxy) is 1. The smallest absolute Gasteiger partial charge is 0.138 e. The summed E-state index contributed by atoms with van der Waals surface area (Å²) in [5, 5.41) is 1.14. The van der Waals surface area contributed by atoms with Crippen molar-refractivity contribution in [2.45, 2.75) is 16.7 Å². The summed E-state index contributed by atoms with van der Waals surface area (Å²) in [6.45, 7) is 2.10. The van der Waals surface area contributed by atoms with Gasteiger partial charge in [-0.25, -0.2) is 4.98 Å². The largest absolute Gasteiger partial charge is 0.497 e. The highest BCUT2D eigenvalue weighted by Gasteiger charge is 2.09. The third kappa shape index (κ3) is 3.26. The van der Waals surface area contributed by atoms with E-state index in [-0.39, 0.29) is 0 Å². The van der Waals surface area contributed by atoms with Gasteiger partial charge in [0.25, 0.3) is 0 Å². The lowest BCUT2D eigenvalue weighted by atomic mass is 10.1. The molecular formula is C21H18N2OS. The normalized spacial score (nSPS) is 11.0. The van der Waals surface area contributed by atoms with Crippen molar-refractivity contribution in [3.05, 3.63) is 72.4 Å². The minimum absolute atomic E-state index is 0.855. The van der Waals surface area contributed by atoms with E-state index >= 15 is 0 Å². The van der Waals surface area contributed by atoms with Gasteiger partial charge in [0.15, 0.2) is 0 Å². The molecule has 0 aliphatic rings. The second-order valence-electron chi connectivity index (χ2n) is 5.90. The zero-order valence-corrected chi connectivity index (χ0v) is 14.9. The molecule has 124 valence electrons. The number of benzene rings is 2. The molecule has 4 heteroatoms. The number of H-pyrrole nitrogens is 1. The van der Waals surface area contributed by atoms with Crippen LogP contribution in [0.3, 0.4) is 0 Å². The number of hydrogen-bond acceptors (Lipinski definition) is 3. The molecule has 4 rings (SSSR count). The van der Waals surface area contributed by atoms with Gasteiger partial charge in [0.1, 0.15) is 11.4 Å². The van der Waals surface area contributed by atoms with Crippen molar-refractivity contribution in [1.29, 1.82) is 0 Å². The highest BCUT2D eigenvalue weighted by molar-refractivity contribution is 7.99. The predicted octanol–water partition coefficient (Wildman–Crippen LogP) is 5.70. The molecule has 0 saturated carbocycles. The van der Waals surface area contributed by atoms with Crippen LogP contribution in [0.15, 0.2) is 76.7 Å². The van der Waals surface area contributed by atoms with Crippen LogP contribution < -0.4 is 4.74 Å². The van der Waals surface area contributed by atoms with E-state index in [0.717, 1.165) is 28.0 Å². The van der Waals surface area contributed by atoms with Gasteiger partial charge in [0, 0.05) is 27.1 Å². The van der Waals surface area contributed by atoms with Crippen molar-refractivity contribution >= 4 is 22.8 Å². The van der Waals surface area contributed by atoms with Gasteiger partial charge in [0.2, 0.25) is 0 Å². The molecule has 0 fully saturated rings. The van der Waals surface area contributed by atoms with Crippen molar-refractivity contribution in [3.63, 3.8) is 0 Å². The molecule has 2 aromatic heterocycles. The third-order valence-electron chi connectivity index (χ3n) is 4.14. The molecule has 1 N–H and O–H groups in total. The van der Waals surface area contributed by atoms with E-state index in [9.17, 15) is 0 Å². The Morgan fingerprint density at radius 1 is 0.960 bits per heavy atom. The molecule has 2 heterocycles. The van der Waals surface area contributed by atoms with Gasteiger partial charge in [-0.15, -0.1) is 0 Å². The number of pyridine rings is 1. The number of aromatic amines is 1. The lowest BCUT2D eigenvalue weighted by Gasteiger charge is -2.03. The van der Waals surface area contributed by atoms with Crippen molar-refractivity contribution in [1.82, 2.24) is 9.97 Å². The van der Waals surface area contributed by atoms with Crippen LogP contribution in [-0.4, -0.2) is 17.1 Å². The Morgan fingerprint density at radius 3 is 2.44 bits per heavy atom. The van der Waals surface area contributed by atoms with Crippen LogP contribution in [-0.2, 0) is 0 Å². The average Bonchev–Trinajstić information content (AvgIpc) is 3.09. The Balaban J connectivity index is 1.71. The molecule has 0 bridgehead atoms. The molecule has 0 aliphatic heterocycles. The summed E-state index contributed by atoms with van der Waals surface area (Å²) < 4.78 is 5.23. The van der Waals surface area contributed by atoms with Gasteiger partial charge in [-0.05, 0) is 61.0 Å². The maximum absolute atomic E-state index is 5.23. The minimum Gasteiger partial charge on any atom is -0.497 e. The standard InChI is InChI=1S/C21H18N2OS/c1-14-3-9-17(10-4-14)25-20-11-12-22-21-18(20)13-19(23-21)15-5-7-16(24-2)8-6-15/h3-13H,1-2H3,(H,22,23). The van der Waals surface area contributed by atoms with Crippen LogP contribution in [0.1, 0.15) is 5.56 Å². The van der Waals surface area contributed by atoms with Gasteiger partial charge in [-0.1, -0.05) is 29.5 Å². The molecule has 2 aromatic carbocycles. The third-order valence-corrected chi connectivity index (χ3v) is 5.23. The Labute approximate surface area is 151 Å². The number of methoxy groups -OCH3 is 1. The fourth-order valence-electron chi connectivity index (χ4n) is 2.75. The summed E-state index contributed by atoms with van der Waals surface area (Å²) in [6.07, 6.45) is 1.85. The molecule has 4 aromatic rings. The topological polar surface area (TPSA) is 37.9 Å². The van der Waals surface area contributed by atoms with Gasteiger partial charge in [-0.3, -0.25) is 0 Å². The van der Waals surface area contributed by atoms with Crippen LogP contribution in [0.25, 0.3) is 22.3 Å². The van der Waals surface area contributed by atoms with Crippen LogP contribution >= 0.6 is 11.8 Å².